The molecule has 1 heterocycles. The molecule has 1 aliphatic heterocycles. The van der Waals surface area contributed by atoms with Crippen LogP contribution < -0.4 is 5.32 Å². The summed E-state index contributed by atoms with van der Waals surface area (Å²) in [4.78, 5) is 14.5. The quantitative estimate of drug-likeness (QED) is 0.898. The molecule has 1 aromatic carbocycles. The third-order valence-electron chi connectivity index (χ3n) is 4.30. The lowest BCUT2D eigenvalue weighted by Crippen LogP contribution is -2.45. The smallest absolute Gasteiger partial charge is 0.321 e. The van der Waals surface area contributed by atoms with Crippen LogP contribution in [0.15, 0.2) is 18.2 Å². The van der Waals surface area contributed by atoms with E-state index < -0.39 is 0 Å². The first-order valence-corrected chi connectivity index (χ1v) is 8.47. The molecule has 0 bridgehead atoms. The minimum atomic E-state index is 0.00000283. The SMILES string of the molecule is CCOC1CCCN(C(=O)Nc2c(CC)cccc2CC)C1. The highest BCUT2D eigenvalue weighted by molar-refractivity contribution is 5.91. The Morgan fingerprint density at radius 2 is 1.95 bits per heavy atom. The predicted molar refractivity (Wildman–Crippen MR) is 90.4 cm³/mol. The molecular formula is C18H28N2O2. The van der Waals surface area contributed by atoms with Gasteiger partial charge in [0.2, 0.25) is 0 Å². The Labute approximate surface area is 133 Å². The Bertz CT molecular complexity index is 478. The topological polar surface area (TPSA) is 41.6 Å². The van der Waals surface area contributed by atoms with Gasteiger partial charge in [0.1, 0.15) is 0 Å². The number of piperidine rings is 1. The van der Waals surface area contributed by atoms with Crippen LogP contribution in [-0.2, 0) is 17.6 Å². The highest BCUT2D eigenvalue weighted by atomic mass is 16.5. The number of amides is 2. The van der Waals surface area contributed by atoms with Gasteiger partial charge < -0.3 is 15.0 Å². The van der Waals surface area contributed by atoms with Gasteiger partial charge in [-0.25, -0.2) is 4.79 Å². The molecule has 1 fully saturated rings. The second-order valence-corrected chi connectivity index (χ2v) is 5.75. The second kappa shape index (κ2) is 8.18. The van der Waals surface area contributed by atoms with E-state index in [1.54, 1.807) is 0 Å². The summed E-state index contributed by atoms with van der Waals surface area (Å²) < 4.78 is 5.68. The average molecular weight is 304 g/mol. The summed E-state index contributed by atoms with van der Waals surface area (Å²) in [6.07, 6.45) is 4.07. The zero-order valence-corrected chi connectivity index (χ0v) is 14.0. The predicted octanol–water partition coefficient (Wildman–Crippen LogP) is 3.84. The summed E-state index contributed by atoms with van der Waals surface area (Å²) in [6, 6.07) is 6.25. The van der Waals surface area contributed by atoms with Crippen molar-refractivity contribution < 1.29 is 9.53 Å². The van der Waals surface area contributed by atoms with E-state index in [-0.39, 0.29) is 12.1 Å². The largest absolute Gasteiger partial charge is 0.377 e. The van der Waals surface area contributed by atoms with Crippen LogP contribution in [-0.4, -0.2) is 36.7 Å². The maximum absolute atomic E-state index is 12.6. The Hall–Kier alpha value is -1.55. The van der Waals surface area contributed by atoms with Gasteiger partial charge in [-0.1, -0.05) is 32.0 Å². The number of urea groups is 1. The van der Waals surface area contributed by atoms with Crippen LogP contribution in [0.1, 0.15) is 44.7 Å². The van der Waals surface area contributed by atoms with Crippen LogP contribution in [0.3, 0.4) is 0 Å². The molecule has 4 nitrogen and oxygen atoms in total. The van der Waals surface area contributed by atoms with Crippen molar-refractivity contribution in [3.63, 3.8) is 0 Å². The van der Waals surface area contributed by atoms with Gasteiger partial charge in [0.15, 0.2) is 0 Å². The lowest BCUT2D eigenvalue weighted by molar-refractivity contribution is 0.0181. The van der Waals surface area contributed by atoms with Crippen LogP contribution in [0.25, 0.3) is 0 Å². The molecule has 0 spiro atoms. The number of anilines is 1. The van der Waals surface area contributed by atoms with Crippen molar-refractivity contribution in [1.82, 2.24) is 4.90 Å². The summed E-state index contributed by atoms with van der Waals surface area (Å²) in [7, 11) is 0. The molecule has 1 aliphatic rings. The lowest BCUT2D eigenvalue weighted by Gasteiger charge is -2.33. The van der Waals surface area contributed by atoms with E-state index >= 15 is 0 Å². The van der Waals surface area contributed by atoms with Crippen molar-refractivity contribution in [2.75, 3.05) is 25.0 Å². The molecule has 22 heavy (non-hydrogen) atoms. The fraction of sp³-hybridized carbons (Fsp3) is 0.611. The van der Waals surface area contributed by atoms with Gasteiger partial charge in [-0.3, -0.25) is 0 Å². The van der Waals surface area contributed by atoms with E-state index in [0.717, 1.165) is 37.9 Å². The number of nitrogens with one attached hydrogen (secondary N) is 1. The molecule has 0 aliphatic carbocycles. The monoisotopic (exact) mass is 304 g/mol. The summed E-state index contributed by atoms with van der Waals surface area (Å²) in [5, 5.41) is 3.14. The molecule has 1 N–H and O–H groups in total. The van der Waals surface area contributed by atoms with Gasteiger partial charge in [0.05, 0.1) is 6.10 Å². The van der Waals surface area contributed by atoms with Crippen LogP contribution in [0.5, 0.6) is 0 Å². The number of benzene rings is 1. The number of aryl methyl sites for hydroxylation is 2. The minimum absolute atomic E-state index is 0.00000283. The Morgan fingerprint density at radius 1 is 1.27 bits per heavy atom. The molecular weight excluding hydrogens is 276 g/mol. The highest BCUT2D eigenvalue weighted by Crippen LogP contribution is 2.23. The number of ether oxygens (including phenoxy) is 1. The maximum atomic E-state index is 12.6. The van der Waals surface area contributed by atoms with Gasteiger partial charge in [-0.05, 0) is 43.7 Å². The van der Waals surface area contributed by atoms with E-state index in [1.165, 1.54) is 11.1 Å². The number of carbonyl (C=O) groups excluding carboxylic acids is 1. The van der Waals surface area contributed by atoms with Crippen LogP contribution in [0, 0.1) is 0 Å². The first-order chi connectivity index (χ1) is 10.7. The van der Waals surface area contributed by atoms with Crippen molar-refractivity contribution in [2.45, 2.75) is 52.6 Å². The molecule has 0 saturated carbocycles. The maximum Gasteiger partial charge on any atom is 0.321 e. The van der Waals surface area contributed by atoms with Crippen molar-refractivity contribution in [3.8, 4) is 0 Å². The minimum Gasteiger partial charge on any atom is -0.377 e. The van der Waals surface area contributed by atoms with Crippen molar-refractivity contribution >= 4 is 11.7 Å². The molecule has 0 aromatic heterocycles. The van der Waals surface area contributed by atoms with Crippen molar-refractivity contribution in [3.05, 3.63) is 29.3 Å². The van der Waals surface area contributed by atoms with Crippen LogP contribution in [0.2, 0.25) is 0 Å². The first kappa shape index (κ1) is 16.8. The number of carbonyl (C=O) groups is 1. The normalized spacial score (nSPS) is 18.3. The average Bonchev–Trinajstić information content (AvgIpc) is 2.55. The summed E-state index contributed by atoms with van der Waals surface area (Å²) in [5.74, 6) is 0. The molecule has 1 aromatic rings. The van der Waals surface area contributed by atoms with Gasteiger partial charge in [0.25, 0.3) is 0 Å². The molecule has 1 unspecified atom stereocenters. The van der Waals surface area contributed by atoms with E-state index in [2.05, 4.69) is 37.4 Å². The summed E-state index contributed by atoms with van der Waals surface area (Å²) in [5.41, 5.74) is 3.40. The van der Waals surface area contributed by atoms with E-state index in [0.29, 0.717) is 13.2 Å². The standard InChI is InChI=1S/C18H28N2O2/c1-4-14-9-7-10-15(5-2)17(14)19-18(21)20-12-8-11-16(13-20)22-6-3/h7,9-10,16H,4-6,8,11-13H2,1-3H3,(H,19,21). The van der Waals surface area contributed by atoms with Gasteiger partial charge in [-0.15, -0.1) is 0 Å². The second-order valence-electron chi connectivity index (χ2n) is 5.75. The fourth-order valence-corrected chi connectivity index (χ4v) is 3.08. The number of para-hydroxylation sites is 1. The van der Waals surface area contributed by atoms with Crippen LogP contribution in [0.4, 0.5) is 10.5 Å². The molecule has 0 radical (unpaired) electrons. The number of rotatable bonds is 5. The van der Waals surface area contributed by atoms with Gasteiger partial charge in [0, 0.05) is 25.4 Å². The summed E-state index contributed by atoms with van der Waals surface area (Å²) >= 11 is 0. The highest BCUT2D eigenvalue weighted by Gasteiger charge is 2.24. The van der Waals surface area contributed by atoms with Crippen molar-refractivity contribution in [1.29, 1.82) is 0 Å². The molecule has 2 amide bonds. The zero-order valence-electron chi connectivity index (χ0n) is 14.0. The molecule has 1 saturated heterocycles. The molecule has 122 valence electrons. The third-order valence-corrected chi connectivity index (χ3v) is 4.30. The number of nitrogens with zero attached hydrogens (tertiary/aromatic N) is 1. The van der Waals surface area contributed by atoms with Gasteiger partial charge >= 0.3 is 6.03 Å². The fourth-order valence-electron chi connectivity index (χ4n) is 3.08. The molecule has 4 heteroatoms. The first-order valence-electron chi connectivity index (χ1n) is 8.47. The Kier molecular flexibility index (Phi) is 6.25. The Balaban J connectivity index is 2.08. The third kappa shape index (κ3) is 4.01. The van der Waals surface area contributed by atoms with Crippen molar-refractivity contribution in [2.24, 2.45) is 0 Å². The van der Waals surface area contributed by atoms with E-state index in [9.17, 15) is 4.79 Å². The van der Waals surface area contributed by atoms with E-state index in [4.69, 9.17) is 4.74 Å². The number of hydrogen-bond acceptors (Lipinski definition) is 2. The molecule has 2 rings (SSSR count). The number of likely N-dealkylation sites (tertiary alicyclic amines) is 1. The summed E-state index contributed by atoms with van der Waals surface area (Å²) in [6.45, 7) is 8.45. The number of hydrogen-bond donors (Lipinski definition) is 1. The Morgan fingerprint density at radius 3 is 2.55 bits per heavy atom. The molecule has 1 atom stereocenters. The zero-order chi connectivity index (χ0) is 15.9. The van der Waals surface area contributed by atoms with Gasteiger partial charge in [-0.2, -0.15) is 0 Å². The lowest BCUT2D eigenvalue weighted by atomic mass is 10.0. The van der Waals surface area contributed by atoms with Crippen LogP contribution >= 0.6 is 0 Å². The van der Waals surface area contributed by atoms with E-state index in [1.807, 2.05) is 11.8 Å².